The summed E-state index contributed by atoms with van der Waals surface area (Å²) in [4.78, 5) is 23.7. The molecule has 0 amide bonds. The number of methoxy groups -OCH3 is 2. The van der Waals surface area contributed by atoms with Gasteiger partial charge in [-0.1, -0.05) is 34.6 Å². The summed E-state index contributed by atoms with van der Waals surface area (Å²) in [6.45, 7) is 8.21. The standard InChI is InChI=1S/C12H23O4P/c1-8(2)17(7,9(3)4)10(11(13)15-5)12(14)16-6/h8-9H,1-7H3. The van der Waals surface area contributed by atoms with E-state index in [4.69, 9.17) is 9.47 Å². The lowest BCUT2D eigenvalue weighted by Crippen LogP contribution is -2.31. The molecule has 0 saturated heterocycles. The van der Waals surface area contributed by atoms with E-state index in [9.17, 15) is 9.59 Å². The Morgan fingerprint density at radius 3 is 1.35 bits per heavy atom. The largest absolute Gasteiger partial charge is 0.465 e. The third-order valence-corrected chi connectivity index (χ3v) is 9.00. The fourth-order valence-corrected chi connectivity index (χ4v) is 4.98. The number of carbonyl (C=O) groups is 2. The Morgan fingerprint density at radius 1 is 0.882 bits per heavy atom. The van der Waals surface area contributed by atoms with E-state index in [1.807, 2.05) is 34.4 Å². The van der Waals surface area contributed by atoms with Gasteiger partial charge in [-0.05, 0) is 18.0 Å². The van der Waals surface area contributed by atoms with Crippen LogP contribution in [0.15, 0.2) is 0 Å². The van der Waals surface area contributed by atoms with Gasteiger partial charge in [0.25, 0.3) is 0 Å². The highest BCUT2D eigenvalue weighted by molar-refractivity contribution is 7.80. The lowest BCUT2D eigenvalue weighted by atomic mass is 10.4. The molecule has 0 aromatic rings. The first-order chi connectivity index (χ1) is 7.73. The zero-order chi connectivity index (χ0) is 13.8. The molecular weight excluding hydrogens is 239 g/mol. The van der Waals surface area contributed by atoms with Crippen LogP contribution in [0.1, 0.15) is 27.7 Å². The quantitative estimate of drug-likeness (QED) is 0.441. The molecule has 17 heavy (non-hydrogen) atoms. The van der Waals surface area contributed by atoms with Gasteiger partial charge in [0.05, 0.1) is 14.2 Å². The molecule has 0 N–H and O–H groups in total. The third kappa shape index (κ3) is 3.12. The maximum Gasteiger partial charge on any atom is 0.345 e. The summed E-state index contributed by atoms with van der Waals surface area (Å²) in [6, 6.07) is 0. The Bertz CT molecular complexity index is 326. The Hall–Kier alpha value is -0.760. The predicted octanol–water partition coefficient (Wildman–Crippen LogP) is 1.97. The van der Waals surface area contributed by atoms with Gasteiger partial charge in [0.2, 0.25) is 0 Å². The fraction of sp³-hybridized carbons (Fsp3) is 0.750. The van der Waals surface area contributed by atoms with Gasteiger partial charge in [-0.3, -0.25) is 0 Å². The Balaban J connectivity index is 6.12. The highest BCUT2D eigenvalue weighted by Crippen LogP contribution is 2.54. The molecule has 0 aliphatic rings. The van der Waals surface area contributed by atoms with Gasteiger partial charge in [0.15, 0.2) is 0 Å². The molecule has 0 spiro atoms. The van der Waals surface area contributed by atoms with Crippen LogP contribution in [0.5, 0.6) is 0 Å². The predicted molar refractivity (Wildman–Crippen MR) is 72.2 cm³/mol. The van der Waals surface area contributed by atoms with Gasteiger partial charge in [-0.15, -0.1) is 0 Å². The van der Waals surface area contributed by atoms with E-state index in [2.05, 4.69) is 0 Å². The first-order valence-corrected chi connectivity index (χ1v) is 8.00. The molecule has 5 heteroatoms. The summed E-state index contributed by atoms with van der Waals surface area (Å²) in [5.41, 5.74) is 0.464. The Labute approximate surface area is 104 Å². The smallest absolute Gasteiger partial charge is 0.345 e. The monoisotopic (exact) mass is 262 g/mol. The number of esters is 2. The SMILES string of the molecule is COC(=O)C(C(=O)OC)=P(C)(C(C)C)C(C)C. The number of hydrogen-bond donors (Lipinski definition) is 0. The average Bonchev–Trinajstić information content (AvgIpc) is 2.27. The van der Waals surface area contributed by atoms with E-state index in [1.54, 1.807) is 0 Å². The average molecular weight is 262 g/mol. The lowest BCUT2D eigenvalue weighted by molar-refractivity contribution is -0.137. The van der Waals surface area contributed by atoms with Gasteiger partial charge in [0.1, 0.15) is 5.29 Å². The van der Waals surface area contributed by atoms with E-state index in [0.717, 1.165) is 0 Å². The van der Waals surface area contributed by atoms with Crippen LogP contribution in [0.2, 0.25) is 0 Å². The van der Waals surface area contributed by atoms with Crippen LogP contribution in [0.3, 0.4) is 0 Å². The van der Waals surface area contributed by atoms with Crippen molar-refractivity contribution < 1.29 is 19.1 Å². The number of rotatable bonds is 4. The van der Waals surface area contributed by atoms with E-state index in [1.165, 1.54) is 14.2 Å². The molecule has 0 radical (unpaired) electrons. The van der Waals surface area contributed by atoms with Gasteiger partial charge in [-0.2, -0.15) is 0 Å². The van der Waals surface area contributed by atoms with Gasteiger partial charge >= 0.3 is 11.9 Å². The molecule has 0 aromatic heterocycles. The minimum absolute atomic E-state index is 0.201. The van der Waals surface area contributed by atoms with Crippen LogP contribution in [0.4, 0.5) is 0 Å². The van der Waals surface area contributed by atoms with Gasteiger partial charge < -0.3 is 9.47 Å². The van der Waals surface area contributed by atoms with Crippen LogP contribution >= 0.6 is 6.89 Å². The fourth-order valence-electron chi connectivity index (χ4n) is 1.78. The summed E-state index contributed by atoms with van der Waals surface area (Å²) in [5.74, 6) is -1.12. The van der Waals surface area contributed by atoms with Crippen molar-refractivity contribution in [3.63, 3.8) is 0 Å². The molecule has 0 fully saturated rings. The molecular formula is C12H23O4P. The van der Waals surface area contributed by atoms with E-state index >= 15 is 0 Å². The summed E-state index contributed by atoms with van der Waals surface area (Å²) < 4.78 is 9.47. The molecule has 0 bridgehead atoms. The molecule has 0 saturated carbocycles. The summed E-state index contributed by atoms with van der Waals surface area (Å²) >= 11 is 0. The number of carbonyl (C=O) groups excluding carboxylic acids is 2. The topological polar surface area (TPSA) is 52.6 Å². The van der Waals surface area contributed by atoms with Gasteiger partial charge in [0, 0.05) is 0 Å². The van der Waals surface area contributed by atoms with Crippen molar-refractivity contribution in [2.75, 3.05) is 20.9 Å². The normalized spacial score (nSPS) is 11.6. The second-order valence-electron chi connectivity index (χ2n) is 4.67. The van der Waals surface area contributed by atoms with E-state index < -0.39 is 18.8 Å². The van der Waals surface area contributed by atoms with Crippen molar-refractivity contribution in [2.45, 2.75) is 39.0 Å². The Morgan fingerprint density at radius 2 is 1.18 bits per heavy atom. The van der Waals surface area contributed by atoms with Crippen molar-refractivity contribution in [2.24, 2.45) is 0 Å². The molecule has 0 rings (SSSR count). The van der Waals surface area contributed by atoms with Crippen LogP contribution in [0.25, 0.3) is 0 Å². The van der Waals surface area contributed by atoms with Crippen LogP contribution in [-0.2, 0) is 19.1 Å². The first kappa shape index (κ1) is 16.2. The molecule has 4 nitrogen and oxygen atoms in total. The van der Waals surface area contributed by atoms with E-state index in [0.29, 0.717) is 0 Å². The third-order valence-electron chi connectivity index (χ3n) is 3.38. The highest BCUT2D eigenvalue weighted by Gasteiger charge is 2.34. The van der Waals surface area contributed by atoms with E-state index in [-0.39, 0.29) is 16.6 Å². The summed E-state index contributed by atoms with van der Waals surface area (Å²) in [5, 5.41) is 0.201. The molecule has 0 heterocycles. The molecule has 0 atom stereocenters. The summed E-state index contributed by atoms with van der Waals surface area (Å²) in [6.07, 6.45) is 0. The maximum atomic E-state index is 11.8. The molecule has 0 unspecified atom stereocenters. The van der Waals surface area contributed by atoms with Crippen LogP contribution in [0, 0.1) is 0 Å². The van der Waals surface area contributed by atoms with Crippen LogP contribution < -0.4 is 0 Å². The minimum atomic E-state index is -1.90. The molecule has 0 aromatic carbocycles. The summed E-state index contributed by atoms with van der Waals surface area (Å²) in [7, 11) is 2.58. The van der Waals surface area contributed by atoms with Crippen molar-refractivity contribution >= 4 is 24.1 Å². The molecule has 0 aliphatic carbocycles. The second kappa shape index (κ2) is 6.25. The lowest BCUT2D eigenvalue weighted by Gasteiger charge is -2.32. The Kier molecular flexibility index (Phi) is 5.97. The van der Waals surface area contributed by atoms with Crippen molar-refractivity contribution in [1.29, 1.82) is 0 Å². The number of ether oxygens (including phenoxy) is 2. The van der Waals surface area contributed by atoms with Crippen LogP contribution in [-0.4, -0.2) is 49.4 Å². The zero-order valence-electron chi connectivity index (χ0n) is 11.7. The van der Waals surface area contributed by atoms with Crippen molar-refractivity contribution in [1.82, 2.24) is 0 Å². The molecule has 0 aliphatic heterocycles. The van der Waals surface area contributed by atoms with Crippen molar-refractivity contribution in [3.8, 4) is 0 Å². The maximum absolute atomic E-state index is 11.8. The van der Waals surface area contributed by atoms with Crippen molar-refractivity contribution in [3.05, 3.63) is 0 Å². The first-order valence-electron chi connectivity index (χ1n) is 5.63. The highest BCUT2D eigenvalue weighted by atomic mass is 31.2. The number of hydrogen-bond acceptors (Lipinski definition) is 4. The van der Waals surface area contributed by atoms with Gasteiger partial charge in [-0.25, -0.2) is 9.59 Å². The second-order valence-corrected chi connectivity index (χ2v) is 9.47. The minimum Gasteiger partial charge on any atom is -0.465 e. The zero-order valence-corrected chi connectivity index (χ0v) is 12.6. The molecule has 100 valence electrons.